The Balaban J connectivity index is 2.10. The summed E-state index contributed by atoms with van der Waals surface area (Å²) < 4.78 is 32.8. The summed E-state index contributed by atoms with van der Waals surface area (Å²) in [5, 5.41) is 2.96. The van der Waals surface area contributed by atoms with Gasteiger partial charge in [-0.2, -0.15) is 0 Å². The molecule has 6 nitrogen and oxygen atoms in total. The van der Waals surface area contributed by atoms with E-state index in [2.05, 4.69) is 15.0 Å². The van der Waals surface area contributed by atoms with Gasteiger partial charge in [0.2, 0.25) is 10.0 Å². The fourth-order valence-electron chi connectivity index (χ4n) is 2.25. The molecule has 1 aromatic rings. The Hall–Kier alpha value is -1.18. The largest absolute Gasteiger partial charge is 0.378 e. The van der Waals surface area contributed by atoms with Crippen LogP contribution in [0.25, 0.3) is 0 Å². The molecule has 1 aliphatic rings. The number of nitrogens with one attached hydrogen (secondary N) is 2. The minimum Gasteiger partial charge on any atom is -0.378 e. The molecule has 1 fully saturated rings. The van der Waals surface area contributed by atoms with Crippen LogP contribution in [0.1, 0.15) is 20.3 Å². The number of ether oxygens (including phenoxy) is 1. The highest BCUT2D eigenvalue weighted by Gasteiger charge is 2.27. The van der Waals surface area contributed by atoms with Gasteiger partial charge < -0.3 is 10.1 Å². The lowest BCUT2D eigenvalue weighted by Crippen LogP contribution is -2.32. The molecule has 112 valence electrons. The molecule has 1 saturated heterocycles. The predicted molar refractivity (Wildman–Crippen MR) is 77.1 cm³/mol. The van der Waals surface area contributed by atoms with Gasteiger partial charge in [-0.15, -0.1) is 0 Å². The Bertz CT molecular complexity index is 548. The summed E-state index contributed by atoms with van der Waals surface area (Å²) in [5.41, 5.74) is 0. The van der Waals surface area contributed by atoms with Crippen molar-refractivity contribution in [2.75, 3.05) is 25.0 Å². The van der Waals surface area contributed by atoms with Crippen LogP contribution in [0, 0.1) is 5.92 Å². The minimum atomic E-state index is -3.55. The quantitative estimate of drug-likeness (QED) is 0.825. The average molecular weight is 299 g/mol. The van der Waals surface area contributed by atoms with Crippen molar-refractivity contribution in [2.24, 2.45) is 5.92 Å². The molecule has 2 unspecified atom stereocenters. The van der Waals surface area contributed by atoms with Gasteiger partial charge in [0.1, 0.15) is 10.7 Å². The third kappa shape index (κ3) is 3.47. The fourth-order valence-corrected chi connectivity index (χ4v) is 3.47. The second-order valence-corrected chi connectivity index (χ2v) is 6.59. The van der Waals surface area contributed by atoms with Crippen molar-refractivity contribution >= 4 is 15.8 Å². The molecule has 2 heterocycles. The monoisotopic (exact) mass is 299 g/mol. The molecule has 2 atom stereocenters. The molecule has 0 radical (unpaired) electrons. The summed E-state index contributed by atoms with van der Waals surface area (Å²) in [6.07, 6.45) is 2.56. The van der Waals surface area contributed by atoms with Gasteiger partial charge in [0.15, 0.2) is 0 Å². The number of nitrogens with zero attached hydrogens (tertiary/aromatic N) is 1. The highest BCUT2D eigenvalue weighted by Crippen LogP contribution is 2.22. The summed E-state index contributed by atoms with van der Waals surface area (Å²) in [6.45, 7) is 5.58. The van der Waals surface area contributed by atoms with Gasteiger partial charge in [-0.05, 0) is 32.4 Å². The van der Waals surface area contributed by atoms with Crippen molar-refractivity contribution in [3.05, 3.63) is 18.3 Å². The molecular weight excluding hydrogens is 278 g/mol. The number of rotatable bonds is 6. The fraction of sp³-hybridized carbons (Fsp3) is 0.615. The highest BCUT2D eigenvalue weighted by atomic mass is 32.2. The molecule has 1 aromatic heterocycles. The second kappa shape index (κ2) is 6.51. The number of pyridine rings is 1. The van der Waals surface area contributed by atoms with Gasteiger partial charge in [-0.1, -0.05) is 0 Å². The van der Waals surface area contributed by atoms with Crippen LogP contribution in [0.2, 0.25) is 0 Å². The van der Waals surface area contributed by atoms with Gasteiger partial charge in [-0.3, -0.25) is 0 Å². The van der Waals surface area contributed by atoms with E-state index in [0.29, 0.717) is 25.5 Å². The van der Waals surface area contributed by atoms with Crippen molar-refractivity contribution in [3.8, 4) is 0 Å². The Kier molecular flexibility index (Phi) is 4.95. The van der Waals surface area contributed by atoms with Crippen LogP contribution in [0.3, 0.4) is 0 Å². The minimum absolute atomic E-state index is 0.0971. The topological polar surface area (TPSA) is 80.3 Å². The molecule has 0 aromatic carbocycles. The maximum absolute atomic E-state index is 12.4. The molecule has 7 heteroatoms. The van der Waals surface area contributed by atoms with Crippen LogP contribution < -0.4 is 10.0 Å². The Labute approximate surface area is 120 Å². The molecule has 0 aliphatic carbocycles. The normalized spacial score (nSPS) is 22.9. The maximum atomic E-state index is 12.4. The molecule has 0 spiro atoms. The first-order chi connectivity index (χ1) is 9.54. The van der Waals surface area contributed by atoms with Crippen LogP contribution in [0.4, 0.5) is 5.82 Å². The zero-order valence-corrected chi connectivity index (χ0v) is 12.6. The molecule has 2 rings (SSSR count). The van der Waals surface area contributed by atoms with Crippen molar-refractivity contribution in [1.82, 2.24) is 9.71 Å². The summed E-state index contributed by atoms with van der Waals surface area (Å²) in [5.74, 6) is 0.613. The third-order valence-electron chi connectivity index (χ3n) is 3.47. The van der Waals surface area contributed by atoms with Crippen molar-refractivity contribution in [3.63, 3.8) is 0 Å². The van der Waals surface area contributed by atoms with Gasteiger partial charge in [0, 0.05) is 31.8 Å². The van der Waals surface area contributed by atoms with Gasteiger partial charge in [0.25, 0.3) is 0 Å². The lowest BCUT2D eigenvalue weighted by Gasteiger charge is -2.16. The van der Waals surface area contributed by atoms with E-state index in [1.807, 2.05) is 13.8 Å². The third-order valence-corrected chi connectivity index (χ3v) is 4.93. The molecule has 2 N–H and O–H groups in total. The van der Waals surface area contributed by atoms with Crippen LogP contribution in [-0.4, -0.2) is 39.2 Å². The Morgan fingerprint density at radius 1 is 1.50 bits per heavy atom. The van der Waals surface area contributed by atoms with Crippen molar-refractivity contribution < 1.29 is 13.2 Å². The first kappa shape index (κ1) is 15.2. The first-order valence-corrected chi connectivity index (χ1v) is 8.33. The lowest BCUT2D eigenvalue weighted by molar-refractivity contribution is 0.107. The maximum Gasteiger partial charge on any atom is 0.244 e. The summed E-state index contributed by atoms with van der Waals surface area (Å²) in [6, 6.07) is 3.18. The van der Waals surface area contributed by atoms with Crippen molar-refractivity contribution in [1.29, 1.82) is 0 Å². The van der Waals surface area contributed by atoms with Gasteiger partial charge >= 0.3 is 0 Å². The smallest absolute Gasteiger partial charge is 0.244 e. The Morgan fingerprint density at radius 2 is 2.30 bits per heavy atom. The average Bonchev–Trinajstić information content (AvgIpc) is 2.83. The van der Waals surface area contributed by atoms with Gasteiger partial charge in [0.05, 0.1) is 6.10 Å². The standard InChI is InChI=1S/C13H21N3O3S/c1-3-14-13-12(5-4-7-15-13)20(17,18)16-9-11-6-8-19-10(11)2/h4-5,7,10-11,16H,3,6,8-9H2,1-2H3,(H,14,15). The number of anilines is 1. The second-order valence-electron chi connectivity index (χ2n) is 4.86. The summed E-state index contributed by atoms with van der Waals surface area (Å²) in [4.78, 5) is 4.26. The zero-order valence-electron chi connectivity index (χ0n) is 11.8. The van der Waals surface area contributed by atoms with Crippen LogP contribution in [0.15, 0.2) is 23.2 Å². The molecule has 1 aliphatic heterocycles. The van der Waals surface area contributed by atoms with Crippen LogP contribution in [-0.2, 0) is 14.8 Å². The molecule has 0 bridgehead atoms. The zero-order chi connectivity index (χ0) is 14.6. The van der Waals surface area contributed by atoms with E-state index >= 15 is 0 Å². The van der Waals surface area contributed by atoms with E-state index in [-0.39, 0.29) is 16.9 Å². The van der Waals surface area contributed by atoms with Crippen molar-refractivity contribution in [2.45, 2.75) is 31.3 Å². The van der Waals surface area contributed by atoms with Crippen LogP contribution >= 0.6 is 0 Å². The molecule has 0 saturated carbocycles. The SMILES string of the molecule is CCNc1ncccc1S(=O)(=O)NCC1CCOC1C. The molecule has 20 heavy (non-hydrogen) atoms. The number of aromatic nitrogens is 1. The van der Waals surface area contributed by atoms with E-state index in [9.17, 15) is 8.42 Å². The summed E-state index contributed by atoms with van der Waals surface area (Å²) in [7, 11) is -3.55. The van der Waals surface area contributed by atoms with E-state index < -0.39 is 10.0 Å². The lowest BCUT2D eigenvalue weighted by atomic mass is 10.0. The summed E-state index contributed by atoms with van der Waals surface area (Å²) >= 11 is 0. The van der Waals surface area contributed by atoms with Crippen LogP contribution in [0.5, 0.6) is 0 Å². The molecular formula is C13H21N3O3S. The van der Waals surface area contributed by atoms with E-state index in [1.54, 1.807) is 18.3 Å². The first-order valence-electron chi connectivity index (χ1n) is 6.84. The van der Waals surface area contributed by atoms with E-state index in [0.717, 1.165) is 6.42 Å². The number of hydrogen-bond donors (Lipinski definition) is 2. The van der Waals surface area contributed by atoms with E-state index in [4.69, 9.17) is 4.74 Å². The number of hydrogen-bond acceptors (Lipinski definition) is 5. The molecule has 0 amide bonds. The van der Waals surface area contributed by atoms with E-state index in [1.165, 1.54) is 0 Å². The Morgan fingerprint density at radius 3 is 2.95 bits per heavy atom. The van der Waals surface area contributed by atoms with Gasteiger partial charge in [-0.25, -0.2) is 18.1 Å². The number of sulfonamides is 1. The highest BCUT2D eigenvalue weighted by molar-refractivity contribution is 7.89. The predicted octanol–water partition coefficient (Wildman–Crippen LogP) is 1.22.